The number of carboxylic acid groups (broad SMARTS) is 1. The molecule has 0 unspecified atom stereocenters. The lowest BCUT2D eigenvalue weighted by molar-refractivity contribution is -0.137. The molecule has 0 spiro atoms. The minimum Gasteiger partial charge on any atom is -0.493 e. The molecule has 1 saturated heterocycles. The van der Waals surface area contributed by atoms with E-state index in [9.17, 15) is 23.1 Å². The Kier molecular flexibility index (Phi) is 6.69. The summed E-state index contributed by atoms with van der Waals surface area (Å²) in [4.78, 5) is 24.0. The average molecular weight is 505 g/mol. The SMILES string of the molecule is O=C(O)Cn1c(O)c(N=NC(=O)[C@@H]2CCCN(S(=O)(=O)c3ccc(Cl)cc3)C2)c2ccccc21. The Balaban J connectivity index is 1.56. The summed E-state index contributed by atoms with van der Waals surface area (Å²) in [7, 11) is -3.80. The molecule has 2 aromatic carbocycles. The normalized spacial score (nSPS) is 17.4. The number of benzene rings is 2. The fraction of sp³-hybridized carbons (Fsp3) is 0.273. The number of nitrogens with zero attached hydrogens (tertiary/aromatic N) is 4. The summed E-state index contributed by atoms with van der Waals surface area (Å²) in [6.45, 7) is -0.263. The molecule has 0 radical (unpaired) electrons. The van der Waals surface area contributed by atoms with Gasteiger partial charge in [-0.05, 0) is 43.2 Å². The second-order valence-corrected chi connectivity index (χ2v) is 10.2. The van der Waals surface area contributed by atoms with E-state index in [1.807, 2.05) is 0 Å². The van der Waals surface area contributed by atoms with Crippen molar-refractivity contribution in [3.63, 3.8) is 0 Å². The van der Waals surface area contributed by atoms with Crippen LogP contribution in [-0.2, 0) is 26.2 Å². The molecule has 2 heterocycles. The van der Waals surface area contributed by atoms with Crippen molar-refractivity contribution in [2.45, 2.75) is 24.3 Å². The lowest BCUT2D eigenvalue weighted by Gasteiger charge is -2.30. The highest BCUT2D eigenvalue weighted by Gasteiger charge is 2.33. The fourth-order valence-electron chi connectivity index (χ4n) is 3.96. The van der Waals surface area contributed by atoms with Gasteiger partial charge < -0.3 is 10.2 Å². The predicted molar refractivity (Wildman–Crippen MR) is 124 cm³/mol. The molecule has 4 rings (SSSR count). The van der Waals surface area contributed by atoms with Crippen LogP contribution >= 0.6 is 11.6 Å². The van der Waals surface area contributed by atoms with Gasteiger partial charge in [0.15, 0.2) is 5.69 Å². The molecule has 34 heavy (non-hydrogen) atoms. The Hall–Kier alpha value is -3.28. The number of hydrogen-bond donors (Lipinski definition) is 2. The number of carbonyl (C=O) groups excluding carboxylic acids is 1. The molecule has 1 aromatic heterocycles. The van der Waals surface area contributed by atoms with E-state index in [1.54, 1.807) is 24.3 Å². The third kappa shape index (κ3) is 4.67. The van der Waals surface area contributed by atoms with Gasteiger partial charge in [0.2, 0.25) is 15.9 Å². The second-order valence-electron chi connectivity index (χ2n) is 7.86. The van der Waals surface area contributed by atoms with Crippen molar-refractivity contribution in [2.75, 3.05) is 13.1 Å². The van der Waals surface area contributed by atoms with Gasteiger partial charge in [0.05, 0.1) is 16.3 Å². The number of sulfonamides is 1. The molecule has 1 atom stereocenters. The smallest absolute Gasteiger partial charge is 0.323 e. The summed E-state index contributed by atoms with van der Waals surface area (Å²) in [6, 6.07) is 12.4. The molecule has 0 saturated carbocycles. The number of aliphatic carboxylic acids is 1. The molecule has 1 fully saturated rings. The summed E-state index contributed by atoms with van der Waals surface area (Å²) in [5.41, 5.74) is 0.411. The average Bonchev–Trinajstić information content (AvgIpc) is 3.08. The number of para-hydroxylation sites is 1. The standard InChI is InChI=1S/C22H21ClN4O6S/c23-15-7-9-16(10-8-15)34(32,33)26-11-3-4-14(12-26)21(30)25-24-20-17-5-1-2-6-18(17)27(22(20)31)13-19(28)29/h1-2,5-10,14,31H,3-4,11-13H2,(H,28,29)/t14-/m1/s1. The zero-order valence-electron chi connectivity index (χ0n) is 17.8. The van der Waals surface area contributed by atoms with Crippen LogP contribution in [0.1, 0.15) is 12.8 Å². The quantitative estimate of drug-likeness (QED) is 0.489. The maximum Gasteiger partial charge on any atom is 0.323 e. The zero-order valence-corrected chi connectivity index (χ0v) is 19.4. The lowest BCUT2D eigenvalue weighted by Crippen LogP contribution is -2.41. The van der Waals surface area contributed by atoms with Crippen LogP contribution in [-0.4, -0.2) is 52.5 Å². The Morgan fingerprint density at radius 2 is 1.82 bits per heavy atom. The fourth-order valence-corrected chi connectivity index (χ4v) is 5.61. The van der Waals surface area contributed by atoms with E-state index in [-0.39, 0.29) is 23.7 Å². The van der Waals surface area contributed by atoms with Gasteiger partial charge >= 0.3 is 5.97 Å². The largest absolute Gasteiger partial charge is 0.493 e. The van der Waals surface area contributed by atoms with Gasteiger partial charge in [0.25, 0.3) is 5.91 Å². The highest BCUT2D eigenvalue weighted by Crippen LogP contribution is 2.39. The van der Waals surface area contributed by atoms with Gasteiger partial charge in [-0.3, -0.25) is 14.2 Å². The number of halogens is 1. The monoisotopic (exact) mass is 504 g/mol. The van der Waals surface area contributed by atoms with E-state index >= 15 is 0 Å². The number of aromatic hydroxyl groups is 1. The van der Waals surface area contributed by atoms with Crippen molar-refractivity contribution in [2.24, 2.45) is 16.1 Å². The van der Waals surface area contributed by atoms with E-state index in [2.05, 4.69) is 10.2 Å². The minimum absolute atomic E-state index is 0.0216. The number of rotatable bonds is 6. The van der Waals surface area contributed by atoms with Crippen molar-refractivity contribution >= 4 is 50.1 Å². The summed E-state index contributed by atoms with van der Waals surface area (Å²) in [5, 5.41) is 28.2. The third-order valence-electron chi connectivity index (χ3n) is 5.64. The zero-order chi connectivity index (χ0) is 24.5. The number of hydrogen-bond acceptors (Lipinski definition) is 6. The van der Waals surface area contributed by atoms with Gasteiger partial charge in [-0.15, -0.1) is 10.2 Å². The van der Waals surface area contributed by atoms with Crippen molar-refractivity contribution < 1.29 is 28.2 Å². The number of piperidine rings is 1. The van der Waals surface area contributed by atoms with Crippen LogP contribution in [0.2, 0.25) is 5.02 Å². The van der Waals surface area contributed by atoms with E-state index < -0.39 is 40.2 Å². The molecule has 1 aliphatic rings. The molecule has 2 N–H and O–H groups in total. The highest BCUT2D eigenvalue weighted by molar-refractivity contribution is 7.89. The van der Waals surface area contributed by atoms with Gasteiger partial charge in [0.1, 0.15) is 6.54 Å². The van der Waals surface area contributed by atoms with Crippen molar-refractivity contribution in [1.82, 2.24) is 8.87 Å². The van der Waals surface area contributed by atoms with Crippen molar-refractivity contribution in [3.05, 3.63) is 53.6 Å². The summed E-state index contributed by atoms with van der Waals surface area (Å²) < 4.78 is 28.3. The first-order chi connectivity index (χ1) is 16.2. The molecule has 178 valence electrons. The Morgan fingerprint density at radius 3 is 2.53 bits per heavy atom. The Morgan fingerprint density at radius 1 is 1.12 bits per heavy atom. The van der Waals surface area contributed by atoms with Gasteiger partial charge in [-0.2, -0.15) is 4.31 Å². The van der Waals surface area contributed by atoms with E-state index in [0.29, 0.717) is 28.8 Å². The summed E-state index contributed by atoms with van der Waals surface area (Å²) in [6.07, 6.45) is 0.916. The van der Waals surface area contributed by atoms with Gasteiger partial charge in [-0.25, -0.2) is 8.42 Å². The number of fused-ring (bicyclic) bond motifs is 1. The number of carboxylic acids is 1. The van der Waals surface area contributed by atoms with Crippen LogP contribution in [0.15, 0.2) is 63.7 Å². The third-order valence-corrected chi connectivity index (χ3v) is 7.78. The van der Waals surface area contributed by atoms with Crippen LogP contribution in [0.3, 0.4) is 0 Å². The van der Waals surface area contributed by atoms with Crippen LogP contribution in [0, 0.1) is 5.92 Å². The molecule has 10 nitrogen and oxygen atoms in total. The van der Waals surface area contributed by atoms with E-state index in [0.717, 1.165) is 4.57 Å². The first kappa shape index (κ1) is 23.9. The van der Waals surface area contributed by atoms with Crippen molar-refractivity contribution in [1.29, 1.82) is 0 Å². The molecular weight excluding hydrogens is 484 g/mol. The first-order valence-corrected chi connectivity index (χ1v) is 12.2. The molecule has 3 aromatic rings. The second kappa shape index (κ2) is 9.53. The van der Waals surface area contributed by atoms with Gasteiger partial charge in [-0.1, -0.05) is 29.8 Å². The maximum atomic E-state index is 13.0. The Bertz CT molecular complexity index is 1380. The van der Waals surface area contributed by atoms with E-state index in [1.165, 1.54) is 28.6 Å². The number of carbonyl (C=O) groups is 2. The van der Waals surface area contributed by atoms with Crippen LogP contribution in [0.4, 0.5) is 5.69 Å². The van der Waals surface area contributed by atoms with Crippen molar-refractivity contribution in [3.8, 4) is 5.88 Å². The highest BCUT2D eigenvalue weighted by atomic mass is 35.5. The molecule has 1 amide bonds. The number of amides is 1. The molecular formula is C22H21ClN4O6S. The van der Waals surface area contributed by atoms with Crippen LogP contribution in [0.5, 0.6) is 5.88 Å². The topological polar surface area (TPSA) is 142 Å². The maximum absolute atomic E-state index is 13.0. The predicted octanol–water partition coefficient (Wildman–Crippen LogP) is 3.80. The number of azo groups is 1. The molecule has 12 heteroatoms. The summed E-state index contributed by atoms with van der Waals surface area (Å²) >= 11 is 5.85. The summed E-state index contributed by atoms with van der Waals surface area (Å²) in [5.74, 6) is -2.89. The molecule has 1 aliphatic heterocycles. The Labute approximate surface area is 200 Å². The van der Waals surface area contributed by atoms with Crippen LogP contribution in [0.25, 0.3) is 10.9 Å². The lowest BCUT2D eigenvalue weighted by atomic mass is 9.99. The first-order valence-electron chi connectivity index (χ1n) is 10.4. The number of aromatic nitrogens is 1. The minimum atomic E-state index is -3.80. The van der Waals surface area contributed by atoms with Crippen LogP contribution < -0.4 is 0 Å². The van der Waals surface area contributed by atoms with E-state index in [4.69, 9.17) is 16.7 Å². The van der Waals surface area contributed by atoms with Gasteiger partial charge in [0, 0.05) is 23.5 Å². The molecule has 0 aliphatic carbocycles. The molecule has 0 bridgehead atoms.